The number of furan rings is 1. The van der Waals surface area contributed by atoms with E-state index < -0.39 is 11.7 Å². The Morgan fingerprint density at radius 1 is 1.30 bits per heavy atom. The minimum absolute atomic E-state index is 0.265. The van der Waals surface area contributed by atoms with E-state index in [-0.39, 0.29) is 19.0 Å². The molecule has 8 heteroatoms. The van der Waals surface area contributed by atoms with E-state index in [9.17, 15) is 9.59 Å². The molecule has 2 aromatic rings. The average molecular weight is 337 g/mol. The highest BCUT2D eigenvalue weighted by atomic mass is 32.1. The van der Waals surface area contributed by atoms with Crippen LogP contribution in [0.2, 0.25) is 0 Å². The van der Waals surface area contributed by atoms with Crippen molar-refractivity contribution in [2.45, 2.75) is 26.4 Å². The first kappa shape index (κ1) is 17.0. The van der Waals surface area contributed by atoms with Gasteiger partial charge in [0.1, 0.15) is 21.9 Å². The Labute approximate surface area is 138 Å². The molecular formula is C15H19N3O4S. The molecule has 2 amide bonds. The third-order valence-corrected chi connectivity index (χ3v) is 3.45. The van der Waals surface area contributed by atoms with Crippen LogP contribution in [0.4, 0.5) is 4.79 Å². The molecule has 2 heterocycles. The van der Waals surface area contributed by atoms with Crippen LogP contribution in [0.5, 0.6) is 0 Å². The van der Waals surface area contributed by atoms with Crippen molar-refractivity contribution in [1.29, 1.82) is 0 Å². The fourth-order valence-corrected chi connectivity index (χ4v) is 2.48. The molecule has 0 aromatic carbocycles. The van der Waals surface area contributed by atoms with Crippen molar-refractivity contribution in [3.63, 3.8) is 0 Å². The number of ether oxygens (including phenoxy) is 1. The third kappa shape index (κ3) is 5.10. The fraction of sp³-hybridized carbons (Fsp3) is 0.400. The zero-order chi connectivity index (χ0) is 16.9. The van der Waals surface area contributed by atoms with E-state index in [0.29, 0.717) is 16.3 Å². The Hall–Kier alpha value is -2.35. The van der Waals surface area contributed by atoms with Crippen molar-refractivity contribution in [1.82, 2.24) is 15.6 Å². The van der Waals surface area contributed by atoms with Gasteiger partial charge in [-0.05, 0) is 32.9 Å². The molecule has 23 heavy (non-hydrogen) atoms. The van der Waals surface area contributed by atoms with Gasteiger partial charge in [-0.25, -0.2) is 9.78 Å². The zero-order valence-corrected chi connectivity index (χ0v) is 14.0. The van der Waals surface area contributed by atoms with Gasteiger partial charge in [-0.3, -0.25) is 4.79 Å². The van der Waals surface area contributed by atoms with Gasteiger partial charge in [0.15, 0.2) is 0 Å². The fourth-order valence-electron chi connectivity index (χ4n) is 1.73. The van der Waals surface area contributed by atoms with E-state index in [1.165, 1.54) is 11.3 Å². The van der Waals surface area contributed by atoms with Crippen LogP contribution in [-0.4, -0.2) is 35.7 Å². The van der Waals surface area contributed by atoms with Crippen LogP contribution in [0, 0.1) is 0 Å². The van der Waals surface area contributed by atoms with Crippen molar-refractivity contribution in [2.24, 2.45) is 0 Å². The molecule has 0 atom stereocenters. The molecule has 0 saturated heterocycles. The molecule has 0 aliphatic rings. The Bertz CT molecular complexity index is 659. The van der Waals surface area contributed by atoms with E-state index in [2.05, 4.69) is 15.6 Å². The summed E-state index contributed by atoms with van der Waals surface area (Å²) in [5.74, 6) is 0.285. The Kier molecular flexibility index (Phi) is 5.38. The van der Waals surface area contributed by atoms with Crippen molar-refractivity contribution in [2.75, 3.05) is 13.1 Å². The molecule has 0 aliphatic heterocycles. The molecule has 0 saturated carbocycles. The first-order chi connectivity index (χ1) is 10.9. The second kappa shape index (κ2) is 7.28. The summed E-state index contributed by atoms with van der Waals surface area (Å²) in [6.45, 7) is 5.89. The number of nitrogens with one attached hydrogen (secondary N) is 2. The maximum Gasteiger partial charge on any atom is 0.407 e. The van der Waals surface area contributed by atoms with Gasteiger partial charge in [0.05, 0.1) is 11.8 Å². The number of hydrogen-bond acceptors (Lipinski definition) is 6. The standard InChI is InChI=1S/C15H19N3O4S/c1-15(2,3)22-14(20)17-7-6-16-13(19)11-12(23-9-18-11)10-5-4-8-21-10/h4-5,8-9H,6-7H2,1-3H3,(H,16,19)(H,17,20). The Morgan fingerprint density at radius 2 is 2.04 bits per heavy atom. The minimum Gasteiger partial charge on any atom is -0.463 e. The number of carbonyl (C=O) groups is 2. The smallest absolute Gasteiger partial charge is 0.407 e. The first-order valence-corrected chi connectivity index (χ1v) is 7.97. The molecule has 0 spiro atoms. The lowest BCUT2D eigenvalue weighted by atomic mass is 10.2. The van der Waals surface area contributed by atoms with E-state index >= 15 is 0 Å². The summed E-state index contributed by atoms with van der Waals surface area (Å²) in [5, 5.41) is 5.27. The predicted molar refractivity (Wildman–Crippen MR) is 86.4 cm³/mol. The average Bonchev–Trinajstić information content (AvgIpc) is 3.10. The van der Waals surface area contributed by atoms with Gasteiger partial charge in [-0.1, -0.05) is 0 Å². The van der Waals surface area contributed by atoms with Gasteiger partial charge in [0.25, 0.3) is 5.91 Å². The molecule has 0 unspecified atom stereocenters. The van der Waals surface area contributed by atoms with Crippen molar-refractivity contribution >= 4 is 23.3 Å². The second-order valence-electron chi connectivity index (χ2n) is 5.69. The normalized spacial score (nSPS) is 11.1. The topological polar surface area (TPSA) is 93.5 Å². The van der Waals surface area contributed by atoms with Crippen LogP contribution < -0.4 is 10.6 Å². The Morgan fingerprint density at radius 3 is 2.70 bits per heavy atom. The molecule has 0 fully saturated rings. The second-order valence-corrected chi connectivity index (χ2v) is 6.55. The number of thiazole rings is 1. The molecule has 7 nitrogen and oxygen atoms in total. The van der Waals surface area contributed by atoms with Crippen LogP contribution in [-0.2, 0) is 4.74 Å². The van der Waals surface area contributed by atoms with E-state index in [0.717, 1.165) is 0 Å². The van der Waals surface area contributed by atoms with E-state index in [1.807, 2.05) is 0 Å². The molecule has 2 N–H and O–H groups in total. The molecule has 2 rings (SSSR count). The molecule has 0 bridgehead atoms. The number of rotatable bonds is 5. The number of aromatic nitrogens is 1. The maximum absolute atomic E-state index is 12.1. The largest absolute Gasteiger partial charge is 0.463 e. The zero-order valence-electron chi connectivity index (χ0n) is 13.2. The van der Waals surface area contributed by atoms with Gasteiger partial charge in [-0.15, -0.1) is 11.3 Å². The van der Waals surface area contributed by atoms with E-state index in [4.69, 9.17) is 9.15 Å². The monoisotopic (exact) mass is 337 g/mol. The SMILES string of the molecule is CC(C)(C)OC(=O)NCCNC(=O)c1ncsc1-c1ccco1. The summed E-state index contributed by atoms with van der Waals surface area (Å²) in [4.78, 5) is 28.4. The summed E-state index contributed by atoms with van der Waals surface area (Å²) in [7, 11) is 0. The van der Waals surface area contributed by atoms with Crippen LogP contribution in [0.25, 0.3) is 10.6 Å². The number of carbonyl (C=O) groups excluding carboxylic acids is 2. The maximum atomic E-state index is 12.1. The third-order valence-electron chi connectivity index (χ3n) is 2.61. The molecule has 0 aliphatic carbocycles. The summed E-state index contributed by atoms with van der Waals surface area (Å²) >= 11 is 1.33. The summed E-state index contributed by atoms with van der Waals surface area (Å²) in [5.41, 5.74) is 1.35. The number of alkyl carbamates (subject to hydrolysis) is 1. The van der Waals surface area contributed by atoms with E-state index in [1.54, 1.807) is 44.7 Å². The predicted octanol–water partition coefficient (Wildman–Crippen LogP) is 2.66. The van der Waals surface area contributed by atoms with Crippen molar-refractivity contribution in [3.8, 4) is 10.6 Å². The van der Waals surface area contributed by atoms with Gasteiger partial charge < -0.3 is 19.8 Å². The number of hydrogen-bond donors (Lipinski definition) is 2. The molecule has 0 radical (unpaired) electrons. The summed E-state index contributed by atoms with van der Waals surface area (Å²) < 4.78 is 10.4. The van der Waals surface area contributed by atoms with Gasteiger partial charge in [0, 0.05) is 13.1 Å². The summed E-state index contributed by atoms with van der Waals surface area (Å²) in [6, 6.07) is 3.52. The Balaban J connectivity index is 1.80. The van der Waals surface area contributed by atoms with Crippen molar-refractivity contribution < 1.29 is 18.7 Å². The lowest BCUT2D eigenvalue weighted by Crippen LogP contribution is -2.38. The van der Waals surface area contributed by atoms with Crippen LogP contribution >= 0.6 is 11.3 Å². The van der Waals surface area contributed by atoms with Crippen LogP contribution in [0.1, 0.15) is 31.3 Å². The van der Waals surface area contributed by atoms with Gasteiger partial charge in [0.2, 0.25) is 0 Å². The lowest BCUT2D eigenvalue weighted by Gasteiger charge is -2.19. The molecule has 124 valence electrons. The van der Waals surface area contributed by atoms with Crippen LogP contribution in [0.15, 0.2) is 28.3 Å². The minimum atomic E-state index is -0.550. The number of amides is 2. The van der Waals surface area contributed by atoms with Crippen LogP contribution in [0.3, 0.4) is 0 Å². The highest BCUT2D eigenvalue weighted by Crippen LogP contribution is 2.27. The highest BCUT2D eigenvalue weighted by molar-refractivity contribution is 7.13. The van der Waals surface area contributed by atoms with Crippen molar-refractivity contribution in [3.05, 3.63) is 29.6 Å². The highest BCUT2D eigenvalue weighted by Gasteiger charge is 2.18. The van der Waals surface area contributed by atoms with Gasteiger partial charge in [-0.2, -0.15) is 0 Å². The first-order valence-electron chi connectivity index (χ1n) is 7.09. The lowest BCUT2D eigenvalue weighted by molar-refractivity contribution is 0.0526. The molecular weight excluding hydrogens is 318 g/mol. The molecule has 2 aromatic heterocycles. The quantitative estimate of drug-likeness (QED) is 0.818. The number of nitrogens with zero attached hydrogens (tertiary/aromatic N) is 1. The summed E-state index contributed by atoms with van der Waals surface area (Å²) in [6.07, 6.45) is 1.03. The van der Waals surface area contributed by atoms with Gasteiger partial charge >= 0.3 is 6.09 Å².